The highest BCUT2D eigenvalue weighted by Gasteiger charge is 2.53. The number of nitrogen functional groups attached to an aromatic ring is 3. The summed E-state index contributed by atoms with van der Waals surface area (Å²) in [6.07, 6.45) is 1.83. The fourth-order valence-electron chi connectivity index (χ4n) is 10.1. The zero-order valence-corrected chi connectivity index (χ0v) is 49.3. The zero-order valence-electron chi connectivity index (χ0n) is 48.4. The third-order valence-corrected chi connectivity index (χ3v) is 16.5. The van der Waals surface area contributed by atoms with Gasteiger partial charge in [0.15, 0.2) is 0 Å². The fraction of sp³-hybridized carbons (Fsp3) is 0.230. The van der Waals surface area contributed by atoms with Crippen LogP contribution in [0.15, 0.2) is 128 Å². The summed E-state index contributed by atoms with van der Waals surface area (Å²) in [5.74, 6) is -2.97. The summed E-state index contributed by atoms with van der Waals surface area (Å²) >= 11 is 0. The number of likely N-dealkylation sites (tertiary alicyclic amines) is 2. The van der Waals surface area contributed by atoms with Gasteiger partial charge in [-0.25, -0.2) is 51.5 Å². The molecule has 6 aromatic heterocycles. The van der Waals surface area contributed by atoms with E-state index in [0.717, 1.165) is 0 Å². The standard InChI is InChI=1S/2C21H20FN5O3.C19H15F4N5O3S/c2*1-11(28)21(30)27-9-14(10-27)25-20(29)16-8-24-19(23)18-15(16)5-6-17(26-18)12-3-2-4-13(22)7-12;20-11-3-1-2-10(6-11)15-5-4-13-14(7-25-17(24)16(13)27-15)18(29)26-12-8-28(9-12)32(30,31)19(21,22)23/h2*2-8,11,14,28H,9-10H2,1H3,(H2,23,24)(H,25,29);1-7,12H,8-9H2,(H2,24,25)(H,26,29)/t2*11-;/m10./s1. The lowest BCUT2D eigenvalue weighted by molar-refractivity contribution is -0.144. The van der Waals surface area contributed by atoms with E-state index >= 15 is 0 Å². The van der Waals surface area contributed by atoms with Crippen LogP contribution in [0.3, 0.4) is 0 Å². The van der Waals surface area contributed by atoms with Crippen LogP contribution in [0.1, 0.15) is 44.9 Å². The second-order valence-electron chi connectivity index (χ2n) is 21.6. The molecule has 5 amide bonds. The van der Waals surface area contributed by atoms with Crippen LogP contribution in [0, 0.1) is 17.5 Å². The minimum atomic E-state index is -5.43. The lowest BCUT2D eigenvalue weighted by Crippen LogP contribution is -2.62. The highest BCUT2D eigenvalue weighted by Crippen LogP contribution is 2.33. The molecule has 0 unspecified atom stereocenters. The van der Waals surface area contributed by atoms with Gasteiger partial charge in [0.05, 0.1) is 51.9 Å². The van der Waals surface area contributed by atoms with Crippen LogP contribution < -0.4 is 33.2 Å². The second kappa shape index (κ2) is 26.1. The first-order valence-electron chi connectivity index (χ1n) is 28.0. The topological polar surface area (TPSA) is 361 Å². The predicted octanol–water partition coefficient (Wildman–Crippen LogP) is 4.96. The number of benzene rings is 3. The van der Waals surface area contributed by atoms with E-state index in [0.29, 0.717) is 98.3 Å². The van der Waals surface area contributed by atoms with Crippen LogP contribution in [0.5, 0.6) is 0 Å². The van der Waals surface area contributed by atoms with Gasteiger partial charge in [0.25, 0.3) is 29.5 Å². The maximum atomic E-state index is 13.5. The Morgan fingerprint density at radius 1 is 0.500 bits per heavy atom. The molecule has 0 saturated carbocycles. The number of aromatic nitrogens is 6. The number of rotatable bonds is 12. The van der Waals surface area contributed by atoms with Crippen molar-refractivity contribution in [2.75, 3.05) is 56.5 Å². The number of aliphatic hydroxyl groups excluding tert-OH is 2. The lowest BCUT2D eigenvalue weighted by atomic mass is 10.0. The molecule has 24 nitrogen and oxygen atoms in total. The molecular weight excluding hydrogens is 1230 g/mol. The van der Waals surface area contributed by atoms with Crippen molar-refractivity contribution in [3.05, 3.63) is 162 Å². The van der Waals surface area contributed by atoms with Gasteiger partial charge in [-0.2, -0.15) is 17.5 Å². The molecule has 476 valence electrons. The lowest BCUT2D eigenvalue weighted by Gasteiger charge is -2.40. The molecular formula is C61H55F6N15O9S. The number of anilines is 3. The third kappa shape index (κ3) is 13.8. The van der Waals surface area contributed by atoms with Gasteiger partial charge < -0.3 is 53.2 Å². The maximum absolute atomic E-state index is 13.5. The Kier molecular flexibility index (Phi) is 18.3. The molecule has 3 aliphatic rings. The third-order valence-electron chi connectivity index (χ3n) is 15.0. The first kappa shape index (κ1) is 64.5. The number of nitrogens with two attached hydrogens (primary N) is 3. The van der Waals surface area contributed by atoms with Crippen molar-refractivity contribution in [1.82, 2.24) is 60.0 Å². The number of halogens is 6. The number of carbonyl (C=O) groups excluding carboxylic acids is 5. The van der Waals surface area contributed by atoms with Gasteiger partial charge >= 0.3 is 15.5 Å². The number of hydrogen-bond acceptors (Lipinski definition) is 18. The first-order valence-corrected chi connectivity index (χ1v) is 29.4. The number of carbonyl (C=O) groups is 5. The van der Waals surface area contributed by atoms with Gasteiger partial charge in [0.1, 0.15) is 63.7 Å². The molecule has 3 fully saturated rings. The van der Waals surface area contributed by atoms with Gasteiger partial charge in [0.2, 0.25) is 0 Å². The summed E-state index contributed by atoms with van der Waals surface area (Å²) in [5, 5.41) is 28.2. The van der Waals surface area contributed by atoms with Gasteiger partial charge in [-0.1, -0.05) is 36.4 Å². The van der Waals surface area contributed by atoms with Crippen LogP contribution in [0.4, 0.5) is 43.8 Å². The van der Waals surface area contributed by atoms with Crippen molar-refractivity contribution >= 4 is 89.7 Å². The van der Waals surface area contributed by atoms with Gasteiger partial charge in [-0.05, 0) is 86.6 Å². The zero-order chi connectivity index (χ0) is 66.1. The van der Waals surface area contributed by atoms with Gasteiger partial charge in [0, 0.05) is 90.7 Å². The van der Waals surface area contributed by atoms with E-state index < -0.39 is 58.6 Å². The predicted molar refractivity (Wildman–Crippen MR) is 325 cm³/mol. The SMILES string of the molecule is C[C@@H](O)C(=O)N1CC(NC(=O)c2cnc(N)c3nc(-c4cccc(F)c4)ccc23)C1.C[C@H](O)C(=O)N1CC(NC(=O)c2cnc(N)c3nc(-c4cccc(F)c4)ccc23)C1.Nc1ncc(C(=O)NC2CN(S(=O)(=O)C(F)(F)F)C2)c2ccc(-c3cccc(F)c3)nc12. The number of fused-ring (bicyclic) bond motifs is 3. The number of alkyl halides is 3. The van der Waals surface area contributed by atoms with Crippen molar-refractivity contribution in [1.29, 1.82) is 0 Å². The van der Waals surface area contributed by atoms with Crippen molar-refractivity contribution in [3.63, 3.8) is 0 Å². The van der Waals surface area contributed by atoms with E-state index in [4.69, 9.17) is 17.2 Å². The monoisotopic (exact) mass is 1290 g/mol. The summed E-state index contributed by atoms with van der Waals surface area (Å²) in [7, 11) is -5.43. The highest BCUT2D eigenvalue weighted by molar-refractivity contribution is 7.90. The number of pyridine rings is 6. The molecule has 12 rings (SSSR count). The van der Waals surface area contributed by atoms with Crippen LogP contribution in [-0.4, -0.2) is 167 Å². The first-order chi connectivity index (χ1) is 43.6. The average molecular weight is 1290 g/mol. The van der Waals surface area contributed by atoms with Crippen LogP contribution in [0.2, 0.25) is 0 Å². The molecule has 0 bridgehead atoms. The molecule has 0 aliphatic carbocycles. The largest absolute Gasteiger partial charge is 0.511 e. The second-order valence-corrected chi connectivity index (χ2v) is 23.5. The van der Waals surface area contributed by atoms with Crippen molar-refractivity contribution < 1.29 is 68.9 Å². The minimum Gasteiger partial charge on any atom is -0.384 e. The molecule has 31 heteroatoms. The molecule has 92 heavy (non-hydrogen) atoms. The molecule has 2 atom stereocenters. The van der Waals surface area contributed by atoms with E-state index in [1.807, 2.05) is 0 Å². The number of nitrogens with zero attached hydrogens (tertiary/aromatic N) is 9. The van der Waals surface area contributed by atoms with Crippen LogP contribution >= 0.6 is 0 Å². The molecule has 3 aliphatic heterocycles. The number of aliphatic hydroxyl groups is 2. The molecule has 0 radical (unpaired) electrons. The normalized spacial score (nSPS) is 15.2. The number of amides is 5. The summed E-state index contributed by atoms with van der Waals surface area (Å²) in [5.41, 5.74) is 17.1. The molecule has 9 heterocycles. The molecule has 3 aromatic carbocycles. The summed E-state index contributed by atoms with van der Waals surface area (Å²) in [4.78, 5) is 90.0. The molecule has 0 spiro atoms. The van der Waals surface area contributed by atoms with Gasteiger partial charge in [-0.15, -0.1) is 0 Å². The average Bonchev–Trinajstić information content (AvgIpc) is 0.810. The summed E-state index contributed by atoms with van der Waals surface area (Å²) < 4.78 is 101. The Balaban J connectivity index is 0.000000151. The van der Waals surface area contributed by atoms with Crippen LogP contribution in [-0.2, 0) is 19.6 Å². The molecule has 3 saturated heterocycles. The maximum Gasteiger partial charge on any atom is 0.511 e. The van der Waals surface area contributed by atoms with E-state index in [2.05, 4.69) is 45.9 Å². The number of nitrogens with one attached hydrogen (secondary N) is 3. The van der Waals surface area contributed by atoms with E-state index in [-0.39, 0.29) is 80.2 Å². The summed E-state index contributed by atoms with van der Waals surface area (Å²) in [6, 6.07) is 26.5. The van der Waals surface area contributed by atoms with E-state index in [9.17, 15) is 68.9 Å². The minimum absolute atomic E-state index is 0.0286. The Labute approximate surface area is 518 Å². The quantitative estimate of drug-likeness (QED) is 0.0749. The van der Waals surface area contributed by atoms with Crippen LogP contribution in [0.25, 0.3) is 66.5 Å². The molecule has 9 aromatic rings. The highest BCUT2D eigenvalue weighted by atomic mass is 32.2. The Morgan fingerprint density at radius 2 is 0.793 bits per heavy atom. The Morgan fingerprint density at radius 3 is 1.07 bits per heavy atom. The van der Waals surface area contributed by atoms with Crippen molar-refractivity contribution in [2.24, 2.45) is 0 Å². The van der Waals surface area contributed by atoms with Gasteiger partial charge in [-0.3, -0.25) is 24.0 Å². The van der Waals surface area contributed by atoms with E-state index in [1.54, 1.807) is 66.7 Å². The Hall–Kier alpha value is -10.5. The molecule has 11 N–H and O–H groups in total. The smallest absolute Gasteiger partial charge is 0.384 e. The number of hydrogen-bond donors (Lipinski definition) is 8. The van der Waals surface area contributed by atoms with E-state index in [1.165, 1.54) is 84.7 Å². The van der Waals surface area contributed by atoms with Crippen molar-refractivity contribution in [3.8, 4) is 33.8 Å². The summed E-state index contributed by atoms with van der Waals surface area (Å²) in [6.45, 7) is 3.13. The number of sulfonamides is 1. The Bertz CT molecular complexity index is 4330. The fourth-order valence-corrected chi connectivity index (χ4v) is 11.1. The van der Waals surface area contributed by atoms with Crippen molar-refractivity contribution in [2.45, 2.75) is 49.7 Å².